The number of hydrogen-bond acceptors (Lipinski definition) is 3. The molecule has 2 rings (SSSR count). The van der Waals surface area contributed by atoms with Gasteiger partial charge in [-0.05, 0) is 31.4 Å². The van der Waals surface area contributed by atoms with Crippen molar-refractivity contribution in [3.8, 4) is 0 Å². The Morgan fingerprint density at radius 3 is 2.95 bits per heavy atom. The molecule has 1 amide bonds. The van der Waals surface area contributed by atoms with Crippen molar-refractivity contribution < 1.29 is 14.3 Å². The van der Waals surface area contributed by atoms with Crippen molar-refractivity contribution in [1.29, 1.82) is 0 Å². The molecule has 0 fully saturated rings. The average molecular weight is 263 g/mol. The SMILES string of the molecule is COCCOCC(=O)N1c2ccccc2CCC1C. The van der Waals surface area contributed by atoms with Gasteiger partial charge in [-0.2, -0.15) is 0 Å². The van der Waals surface area contributed by atoms with E-state index in [1.54, 1.807) is 7.11 Å². The molecule has 1 aromatic rings. The molecule has 104 valence electrons. The van der Waals surface area contributed by atoms with Gasteiger partial charge in [-0.3, -0.25) is 4.79 Å². The quantitative estimate of drug-likeness (QED) is 0.763. The van der Waals surface area contributed by atoms with E-state index in [4.69, 9.17) is 9.47 Å². The van der Waals surface area contributed by atoms with Crippen molar-refractivity contribution in [2.24, 2.45) is 0 Å². The number of rotatable bonds is 5. The molecule has 1 aromatic carbocycles. The number of anilines is 1. The molecule has 1 aliphatic rings. The number of carbonyl (C=O) groups excluding carboxylic acids is 1. The number of ether oxygens (including phenoxy) is 2. The van der Waals surface area contributed by atoms with Crippen LogP contribution in [0.3, 0.4) is 0 Å². The highest BCUT2D eigenvalue weighted by Crippen LogP contribution is 2.30. The number of nitrogens with zero attached hydrogens (tertiary/aromatic N) is 1. The van der Waals surface area contributed by atoms with Crippen molar-refractivity contribution >= 4 is 11.6 Å². The Labute approximate surface area is 114 Å². The first-order valence-electron chi connectivity index (χ1n) is 6.70. The minimum absolute atomic E-state index is 0.0238. The fourth-order valence-corrected chi connectivity index (χ4v) is 2.44. The third-order valence-corrected chi connectivity index (χ3v) is 3.45. The fraction of sp³-hybridized carbons (Fsp3) is 0.533. The summed E-state index contributed by atoms with van der Waals surface area (Å²) >= 11 is 0. The Hall–Kier alpha value is -1.39. The lowest BCUT2D eigenvalue weighted by molar-refractivity contribution is -0.124. The maximum absolute atomic E-state index is 12.3. The Balaban J connectivity index is 2.04. The molecule has 0 saturated heterocycles. The number of benzene rings is 1. The molecule has 0 radical (unpaired) electrons. The number of aryl methyl sites for hydroxylation is 1. The number of fused-ring (bicyclic) bond motifs is 1. The van der Waals surface area contributed by atoms with Gasteiger partial charge in [-0.15, -0.1) is 0 Å². The fourth-order valence-electron chi connectivity index (χ4n) is 2.44. The number of para-hydroxylation sites is 1. The predicted molar refractivity (Wildman–Crippen MR) is 74.4 cm³/mol. The standard InChI is InChI=1S/C15H21NO3/c1-12-7-8-13-5-3-4-6-14(13)16(12)15(17)11-19-10-9-18-2/h3-6,12H,7-11H2,1-2H3. The third-order valence-electron chi connectivity index (χ3n) is 3.45. The first-order chi connectivity index (χ1) is 9.24. The summed E-state index contributed by atoms with van der Waals surface area (Å²) in [7, 11) is 1.62. The van der Waals surface area contributed by atoms with Crippen LogP contribution >= 0.6 is 0 Å². The summed E-state index contributed by atoms with van der Waals surface area (Å²) in [5.74, 6) is 0.0238. The second-order valence-corrected chi connectivity index (χ2v) is 4.83. The zero-order valence-electron chi connectivity index (χ0n) is 11.6. The molecular formula is C15H21NO3. The number of amides is 1. The monoisotopic (exact) mass is 263 g/mol. The highest BCUT2D eigenvalue weighted by molar-refractivity contribution is 5.96. The molecule has 19 heavy (non-hydrogen) atoms. The molecule has 4 nitrogen and oxygen atoms in total. The maximum Gasteiger partial charge on any atom is 0.253 e. The highest BCUT2D eigenvalue weighted by atomic mass is 16.5. The van der Waals surface area contributed by atoms with Crippen LogP contribution in [0.25, 0.3) is 0 Å². The van der Waals surface area contributed by atoms with E-state index < -0.39 is 0 Å². The Bertz CT molecular complexity index is 433. The van der Waals surface area contributed by atoms with E-state index in [1.165, 1.54) is 5.56 Å². The lowest BCUT2D eigenvalue weighted by atomic mass is 9.96. The van der Waals surface area contributed by atoms with E-state index in [2.05, 4.69) is 13.0 Å². The average Bonchev–Trinajstić information content (AvgIpc) is 2.43. The predicted octanol–water partition coefficient (Wildman–Crippen LogP) is 2.02. The highest BCUT2D eigenvalue weighted by Gasteiger charge is 2.27. The lowest BCUT2D eigenvalue weighted by Crippen LogP contribution is -2.44. The van der Waals surface area contributed by atoms with Crippen LogP contribution in [-0.2, 0) is 20.7 Å². The van der Waals surface area contributed by atoms with E-state index in [9.17, 15) is 4.79 Å². The zero-order valence-corrected chi connectivity index (χ0v) is 11.6. The maximum atomic E-state index is 12.3. The van der Waals surface area contributed by atoms with Gasteiger partial charge in [-0.25, -0.2) is 0 Å². The molecule has 0 spiro atoms. The first-order valence-corrected chi connectivity index (χ1v) is 6.70. The van der Waals surface area contributed by atoms with Crippen LogP contribution in [0.5, 0.6) is 0 Å². The van der Waals surface area contributed by atoms with Crippen molar-refractivity contribution in [3.05, 3.63) is 29.8 Å². The first kappa shape index (κ1) is 14.0. The van der Waals surface area contributed by atoms with Crippen molar-refractivity contribution in [2.45, 2.75) is 25.8 Å². The van der Waals surface area contributed by atoms with Crippen LogP contribution in [0.2, 0.25) is 0 Å². The normalized spacial score (nSPS) is 18.2. The largest absolute Gasteiger partial charge is 0.382 e. The molecule has 0 aromatic heterocycles. The van der Waals surface area contributed by atoms with Gasteiger partial charge in [0, 0.05) is 18.8 Å². The van der Waals surface area contributed by atoms with Crippen molar-refractivity contribution in [1.82, 2.24) is 0 Å². The van der Waals surface area contributed by atoms with Gasteiger partial charge in [-0.1, -0.05) is 18.2 Å². The van der Waals surface area contributed by atoms with Gasteiger partial charge in [0.1, 0.15) is 6.61 Å². The minimum atomic E-state index is 0.0238. The second kappa shape index (κ2) is 6.68. The van der Waals surface area contributed by atoms with Gasteiger partial charge in [0.15, 0.2) is 0 Å². The van der Waals surface area contributed by atoms with Crippen LogP contribution in [-0.4, -0.2) is 38.9 Å². The van der Waals surface area contributed by atoms with Crippen LogP contribution in [0.15, 0.2) is 24.3 Å². The number of hydrogen-bond donors (Lipinski definition) is 0. The summed E-state index contributed by atoms with van der Waals surface area (Å²) in [6.45, 7) is 3.16. The summed E-state index contributed by atoms with van der Waals surface area (Å²) in [5.41, 5.74) is 2.27. The van der Waals surface area contributed by atoms with E-state index >= 15 is 0 Å². The minimum Gasteiger partial charge on any atom is -0.382 e. The number of methoxy groups -OCH3 is 1. The van der Waals surface area contributed by atoms with Gasteiger partial charge >= 0.3 is 0 Å². The molecule has 0 saturated carbocycles. The van der Waals surface area contributed by atoms with Gasteiger partial charge in [0.2, 0.25) is 0 Å². The molecule has 0 aliphatic carbocycles. The summed E-state index contributed by atoms with van der Waals surface area (Å²) in [6.07, 6.45) is 2.03. The van der Waals surface area contributed by atoms with Crippen LogP contribution in [0, 0.1) is 0 Å². The van der Waals surface area contributed by atoms with Crippen molar-refractivity contribution in [2.75, 3.05) is 31.8 Å². The van der Waals surface area contributed by atoms with Crippen LogP contribution < -0.4 is 4.90 Å². The molecule has 0 bridgehead atoms. The van der Waals surface area contributed by atoms with E-state index in [-0.39, 0.29) is 18.6 Å². The molecule has 4 heteroatoms. The molecular weight excluding hydrogens is 242 g/mol. The van der Waals surface area contributed by atoms with Gasteiger partial charge in [0.05, 0.1) is 13.2 Å². The molecule has 0 N–H and O–H groups in total. The molecule has 1 heterocycles. The van der Waals surface area contributed by atoms with Gasteiger partial charge in [0.25, 0.3) is 5.91 Å². The lowest BCUT2D eigenvalue weighted by Gasteiger charge is -2.35. The van der Waals surface area contributed by atoms with Crippen molar-refractivity contribution in [3.63, 3.8) is 0 Å². The molecule has 1 atom stereocenters. The number of carbonyl (C=O) groups is 1. The topological polar surface area (TPSA) is 38.8 Å². The van der Waals surface area contributed by atoms with Crippen LogP contribution in [0.1, 0.15) is 18.9 Å². The third kappa shape index (κ3) is 3.33. The van der Waals surface area contributed by atoms with Gasteiger partial charge < -0.3 is 14.4 Å². The second-order valence-electron chi connectivity index (χ2n) is 4.83. The van der Waals surface area contributed by atoms with E-state index in [1.807, 2.05) is 23.1 Å². The Morgan fingerprint density at radius 1 is 1.37 bits per heavy atom. The summed E-state index contributed by atoms with van der Waals surface area (Å²) in [4.78, 5) is 14.2. The van der Waals surface area contributed by atoms with Crippen LogP contribution in [0.4, 0.5) is 5.69 Å². The summed E-state index contributed by atoms with van der Waals surface area (Å²) in [6, 6.07) is 8.33. The molecule has 1 aliphatic heterocycles. The molecule has 1 unspecified atom stereocenters. The smallest absolute Gasteiger partial charge is 0.253 e. The summed E-state index contributed by atoms with van der Waals surface area (Å²) in [5, 5.41) is 0. The summed E-state index contributed by atoms with van der Waals surface area (Å²) < 4.78 is 10.2. The Kier molecular flexibility index (Phi) is 4.93. The Morgan fingerprint density at radius 2 is 2.16 bits per heavy atom. The van der Waals surface area contributed by atoms with E-state index in [0.717, 1.165) is 18.5 Å². The zero-order chi connectivity index (χ0) is 13.7. The van der Waals surface area contributed by atoms with E-state index in [0.29, 0.717) is 13.2 Å².